The van der Waals surface area contributed by atoms with Gasteiger partial charge in [-0.25, -0.2) is 9.97 Å². The summed E-state index contributed by atoms with van der Waals surface area (Å²) in [6, 6.07) is 17.4. The number of fused-ring (bicyclic) bond motifs is 1. The zero-order valence-corrected chi connectivity index (χ0v) is 12.9. The van der Waals surface area contributed by atoms with Crippen molar-refractivity contribution in [2.24, 2.45) is 0 Å². The van der Waals surface area contributed by atoms with Crippen molar-refractivity contribution in [2.45, 2.75) is 6.92 Å². The Labute approximate surface area is 134 Å². The maximum Gasteiger partial charge on any atom is 0.118 e. The molecule has 0 spiro atoms. The van der Waals surface area contributed by atoms with E-state index in [4.69, 9.17) is 4.74 Å². The summed E-state index contributed by atoms with van der Waals surface area (Å²) in [5, 5.41) is 9.53. The molecule has 2 aromatic carbocycles. The number of allylic oxidation sites excluding steroid dienone is 1. The van der Waals surface area contributed by atoms with Gasteiger partial charge in [0.15, 0.2) is 0 Å². The Morgan fingerprint density at radius 2 is 1.70 bits per heavy atom. The van der Waals surface area contributed by atoms with E-state index in [1.165, 1.54) is 0 Å². The van der Waals surface area contributed by atoms with E-state index in [0.717, 1.165) is 28.0 Å². The van der Waals surface area contributed by atoms with Crippen LogP contribution in [0, 0.1) is 18.3 Å². The standard InChI is InChI=1S/C19H15N3O/c1-13-19(22-18-6-4-3-5-17(18)21-13)15(12-20)11-14-7-9-16(23-2)10-8-14/h3-11H,1-2H3/b15-11+. The number of nitriles is 1. The highest BCUT2D eigenvalue weighted by Crippen LogP contribution is 2.22. The molecule has 0 saturated heterocycles. The summed E-state index contributed by atoms with van der Waals surface area (Å²) in [5.74, 6) is 0.780. The van der Waals surface area contributed by atoms with Gasteiger partial charge in [0.1, 0.15) is 17.5 Å². The smallest absolute Gasteiger partial charge is 0.118 e. The zero-order chi connectivity index (χ0) is 16.2. The van der Waals surface area contributed by atoms with Gasteiger partial charge in [0.2, 0.25) is 0 Å². The second-order valence-electron chi connectivity index (χ2n) is 5.09. The minimum Gasteiger partial charge on any atom is -0.497 e. The molecule has 23 heavy (non-hydrogen) atoms. The van der Waals surface area contributed by atoms with E-state index in [0.29, 0.717) is 11.3 Å². The molecule has 0 aliphatic heterocycles. The molecule has 0 unspecified atom stereocenters. The number of hydrogen-bond donors (Lipinski definition) is 0. The number of benzene rings is 2. The first-order chi connectivity index (χ1) is 11.2. The van der Waals surface area contributed by atoms with Crippen LogP contribution in [-0.4, -0.2) is 17.1 Å². The number of aryl methyl sites for hydroxylation is 1. The summed E-state index contributed by atoms with van der Waals surface area (Å²) in [4.78, 5) is 9.14. The van der Waals surface area contributed by atoms with Crippen LogP contribution in [0.15, 0.2) is 48.5 Å². The van der Waals surface area contributed by atoms with E-state index >= 15 is 0 Å². The Balaban J connectivity index is 2.08. The van der Waals surface area contributed by atoms with Gasteiger partial charge in [-0.3, -0.25) is 0 Å². The van der Waals surface area contributed by atoms with E-state index in [2.05, 4.69) is 16.0 Å². The first-order valence-corrected chi connectivity index (χ1v) is 7.21. The predicted octanol–water partition coefficient (Wildman–Crippen LogP) is 4.01. The molecule has 0 radical (unpaired) electrons. The van der Waals surface area contributed by atoms with E-state index < -0.39 is 0 Å². The number of hydrogen-bond acceptors (Lipinski definition) is 4. The van der Waals surface area contributed by atoms with Crippen molar-refractivity contribution in [2.75, 3.05) is 7.11 Å². The van der Waals surface area contributed by atoms with Crippen LogP contribution < -0.4 is 4.74 Å². The average Bonchev–Trinajstić information content (AvgIpc) is 2.60. The van der Waals surface area contributed by atoms with E-state index in [9.17, 15) is 5.26 Å². The molecule has 0 aliphatic carbocycles. The SMILES string of the molecule is COc1ccc(/C=C(\C#N)c2nc3ccccc3nc2C)cc1. The first-order valence-electron chi connectivity index (χ1n) is 7.21. The van der Waals surface area contributed by atoms with Crippen LogP contribution in [0.1, 0.15) is 17.0 Å². The van der Waals surface area contributed by atoms with Crippen LogP contribution in [0.5, 0.6) is 5.75 Å². The maximum atomic E-state index is 9.53. The molecule has 3 rings (SSSR count). The van der Waals surface area contributed by atoms with Crippen molar-refractivity contribution < 1.29 is 4.74 Å². The maximum absolute atomic E-state index is 9.53. The molecule has 4 heteroatoms. The molecule has 0 aliphatic rings. The molecule has 0 bridgehead atoms. The number of para-hydroxylation sites is 2. The lowest BCUT2D eigenvalue weighted by Gasteiger charge is -2.06. The summed E-state index contributed by atoms with van der Waals surface area (Å²) in [5.41, 5.74) is 4.37. The minimum absolute atomic E-state index is 0.492. The molecular weight excluding hydrogens is 286 g/mol. The Kier molecular flexibility index (Phi) is 4.03. The second kappa shape index (κ2) is 6.29. The Hall–Kier alpha value is -3.19. The highest BCUT2D eigenvalue weighted by atomic mass is 16.5. The monoisotopic (exact) mass is 301 g/mol. The van der Waals surface area contributed by atoms with Crippen LogP contribution in [0.3, 0.4) is 0 Å². The van der Waals surface area contributed by atoms with Crippen LogP contribution in [0.4, 0.5) is 0 Å². The fraction of sp³-hybridized carbons (Fsp3) is 0.105. The second-order valence-corrected chi connectivity index (χ2v) is 5.09. The number of ether oxygens (including phenoxy) is 1. The lowest BCUT2D eigenvalue weighted by atomic mass is 10.1. The number of rotatable bonds is 3. The molecule has 1 aromatic heterocycles. The fourth-order valence-electron chi connectivity index (χ4n) is 2.36. The lowest BCUT2D eigenvalue weighted by Crippen LogP contribution is -1.97. The predicted molar refractivity (Wildman–Crippen MR) is 90.8 cm³/mol. The Morgan fingerprint density at radius 1 is 1.04 bits per heavy atom. The van der Waals surface area contributed by atoms with Gasteiger partial charge in [-0.05, 0) is 42.8 Å². The summed E-state index contributed by atoms with van der Waals surface area (Å²) in [7, 11) is 1.62. The van der Waals surface area contributed by atoms with E-state index in [-0.39, 0.29) is 0 Å². The third-order valence-corrected chi connectivity index (χ3v) is 3.55. The highest BCUT2D eigenvalue weighted by molar-refractivity contribution is 5.90. The number of methoxy groups -OCH3 is 1. The van der Waals surface area contributed by atoms with Gasteiger partial charge in [0.25, 0.3) is 0 Å². The highest BCUT2D eigenvalue weighted by Gasteiger charge is 2.10. The largest absolute Gasteiger partial charge is 0.497 e. The molecule has 0 amide bonds. The zero-order valence-electron chi connectivity index (χ0n) is 12.9. The third-order valence-electron chi connectivity index (χ3n) is 3.55. The van der Waals surface area contributed by atoms with Crippen molar-refractivity contribution in [3.63, 3.8) is 0 Å². The van der Waals surface area contributed by atoms with Gasteiger partial charge < -0.3 is 4.74 Å². The molecule has 3 aromatic rings. The Bertz CT molecular complexity index is 921. The third kappa shape index (κ3) is 3.04. The van der Waals surface area contributed by atoms with Gasteiger partial charge in [0, 0.05) is 0 Å². The van der Waals surface area contributed by atoms with Crippen LogP contribution in [0.2, 0.25) is 0 Å². The molecule has 0 atom stereocenters. The van der Waals surface area contributed by atoms with Crippen molar-refractivity contribution in [3.05, 3.63) is 65.5 Å². The summed E-state index contributed by atoms with van der Waals surface area (Å²) in [6.45, 7) is 1.87. The summed E-state index contributed by atoms with van der Waals surface area (Å²) < 4.78 is 5.14. The van der Waals surface area contributed by atoms with E-state index in [1.807, 2.05) is 61.5 Å². The first kappa shape index (κ1) is 14.7. The van der Waals surface area contributed by atoms with Crippen molar-refractivity contribution >= 4 is 22.7 Å². The van der Waals surface area contributed by atoms with Crippen molar-refractivity contribution in [3.8, 4) is 11.8 Å². The van der Waals surface area contributed by atoms with Crippen LogP contribution in [-0.2, 0) is 0 Å². The molecular formula is C19H15N3O. The van der Waals surface area contributed by atoms with Crippen LogP contribution in [0.25, 0.3) is 22.7 Å². The van der Waals surface area contributed by atoms with Gasteiger partial charge in [0.05, 0.1) is 29.4 Å². The molecule has 4 nitrogen and oxygen atoms in total. The number of aromatic nitrogens is 2. The van der Waals surface area contributed by atoms with E-state index in [1.54, 1.807) is 7.11 Å². The molecule has 0 fully saturated rings. The van der Waals surface area contributed by atoms with Gasteiger partial charge in [-0.1, -0.05) is 24.3 Å². The Morgan fingerprint density at radius 3 is 2.30 bits per heavy atom. The average molecular weight is 301 g/mol. The molecule has 1 heterocycles. The van der Waals surface area contributed by atoms with Crippen molar-refractivity contribution in [1.29, 1.82) is 5.26 Å². The minimum atomic E-state index is 0.492. The van der Waals surface area contributed by atoms with Gasteiger partial charge in [-0.2, -0.15) is 5.26 Å². The van der Waals surface area contributed by atoms with Gasteiger partial charge in [-0.15, -0.1) is 0 Å². The van der Waals surface area contributed by atoms with Crippen LogP contribution >= 0.6 is 0 Å². The fourth-order valence-corrected chi connectivity index (χ4v) is 2.36. The number of nitrogens with zero attached hydrogens (tertiary/aromatic N) is 3. The van der Waals surface area contributed by atoms with Crippen molar-refractivity contribution in [1.82, 2.24) is 9.97 Å². The quantitative estimate of drug-likeness (QED) is 0.686. The normalized spacial score (nSPS) is 11.3. The lowest BCUT2D eigenvalue weighted by molar-refractivity contribution is 0.415. The molecule has 0 saturated carbocycles. The topological polar surface area (TPSA) is 58.8 Å². The molecule has 112 valence electrons. The molecule has 0 N–H and O–H groups in total. The summed E-state index contributed by atoms with van der Waals surface area (Å²) >= 11 is 0. The van der Waals surface area contributed by atoms with Gasteiger partial charge >= 0.3 is 0 Å². The summed E-state index contributed by atoms with van der Waals surface area (Å²) in [6.07, 6.45) is 1.81.